The maximum absolute atomic E-state index is 11.3. The Hall–Kier alpha value is -0.920. The third-order valence-electron chi connectivity index (χ3n) is 2.24. The van der Waals surface area contributed by atoms with E-state index in [1.165, 1.54) is 12.1 Å². The highest BCUT2D eigenvalue weighted by Gasteiger charge is 2.08. The Labute approximate surface area is 128 Å². The molecule has 0 atom stereocenters. The summed E-state index contributed by atoms with van der Waals surface area (Å²) in [5, 5.41) is 0. The van der Waals surface area contributed by atoms with E-state index in [4.69, 9.17) is 4.74 Å². The second kappa shape index (κ2) is 5.60. The zero-order chi connectivity index (χ0) is 14.0. The molecule has 4 nitrogen and oxygen atoms in total. The third kappa shape index (κ3) is 3.77. The van der Waals surface area contributed by atoms with Gasteiger partial charge in [0.2, 0.25) is 5.88 Å². The molecule has 7 heteroatoms. The van der Waals surface area contributed by atoms with Crippen molar-refractivity contribution in [1.82, 2.24) is 4.98 Å². The van der Waals surface area contributed by atoms with Crippen molar-refractivity contribution in [2.45, 2.75) is 4.90 Å². The lowest BCUT2D eigenvalue weighted by atomic mass is 10.3. The molecule has 1 aromatic heterocycles. The molecule has 0 aliphatic rings. The zero-order valence-electron chi connectivity index (χ0n) is 9.80. The third-order valence-corrected chi connectivity index (χ3v) is 4.37. The summed E-state index contributed by atoms with van der Waals surface area (Å²) in [6, 6.07) is 7.99. The Balaban J connectivity index is 2.25. The number of benzene rings is 1. The van der Waals surface area contributed by atoms with Crippen LogP contribution in [0.25, 0.3) is 0 Å². The van der Waals surface area contributed by atoms with Crippen molar-refractivity contribution < 1.29 is 13.2 Å². The van der Waals surface area contributed by atoms with Gasteiger partial charge in [-0.2, -0.15) is 0 Å². The van der Waals surface area contributed by atoms with E-state index >= 15 is 0 Å². The molecule has 0 N–H and O–H groups in total. The van der Waals surface area contributed by atoms with Gasteiger partial charge in [0.05, 0.1) is 9.37 Å². The molecule has 0 saturated heterocycles. The molecule has 0 saturated carbocycles. The monoisotopic (exact) mass is 405 g/mol. The van der Waals surface area contributed by atoms with Crippen LogP contribution < -0.4 is 4.74 Å². The smallest absolute Gasteiger partial charge is 0.233 e. The van der Waals surface area contributed by atoms with Crippen molar-refractivity contribution in [2.75, 3.05) is 6.26 Å². The van der Waals surface area contributed by atoms with E-state index < -0.39 is 9.84 Å². The average molecular weight is 407 g/mol. The van der Waals surface area contributed by atoms with Crippen LogP contribution >= 0.6 is 31.9 Å². The molecule has 0 aliphatic carbocycles. The highest BCUT2D eigenvalue weighted by Crippen LogP contribution is 2.29. The van der Waals surface area contributed by atoms with E-state index in [-0.39, 0.29) is 4.90 Å². The van der Waals surface area contributed by atoms with Gasteiger partial charge in [-0.1, -0.05) is 0 Å². The van der Waals surface area contributed by atoms with E-state index in [1.54, 1.807) is 18.3 Å². The largest absolute Gasteiger partial charge is 0.438 e. The summed E-state index contributed by atoms with van der Waals surface area (Å²) in [5.74, 6) is 0.929. The SMILES string of the molecule is CS(=O)(=O)c1ccc(Oc2ncc(Br)cc2Br)cc1. The topological polar surface area (TPSA) is 56.3 Å². The first kappa shape index (κ1) is 14.5. The Bertz CT molecular complexity index is 699. The van der Waals surface area contributed by atoms with Crippen molar-refractivity contribution in [3.63, 3.8) is 0 Å². The second-order valence-electron chi connectivity index (χ2n) is 3.79. The second-order valence-corrected chi connectivity index (χ2v) is 7.57. The summed E-state index contributed by atoms with van der Waals surface area (Å²) in [6.45, 7) is 0. The summed E-state index contributed by atoms with van der Waals surface area (Å²) < 4.78 is 29.7. The predicted molar refractivity (Wildman–Crippen MR) is 79.3 cm³/mol. The minimum atomic E-state index is -3.19. The summed E-state index contributed by atoms with van der Waals surface area (Å²) in [7, 11) is -3.19. The summed E-state index contributed by atoms with van der Waals surface area (Å²) >= 11 is 6.64. The maximum atomic E-state index is 11.3. The molecule has 0 fully saturated rings. The molecule has 2 aromatic rings. The lowest BCUT2D eigenvalue weighted by Gasteiger charge is -2.07. The average Bonchev–Trinajstić information content (AvgIpc) is 2.32. The first-order chi connectivity index (χ1) is 8.86. The number of ether oxygens (including phenoxy) is 1. The van der Waals surface area contributed by atoms with E-state index in [1.807, 2.05) is 6.07 Å². The van der Waals surface area contributed by atoms with Gasteiger partial charge < -0.3 is 4.74 Å². The number of pyridine rings is 1. The molecule has 0 aliphatic heterocycles. The van der Waals surface area contributed by atoms with Gasteiger partial charge in [0.15, 0.2) is 9.84 Å². The number of nitrogens with zero attached hydrogens (tertiary/aromatic N) is 1. The molecule has 0 bridgehead atoms. The van der Waals surface area contributed by atoms with Crippen LogP contribution in [0.15, 0.2) is 50.4 Å². The van der Waals surface area contributed by atoms with Gasteiger partial charge in [0, 0.05) is 16.9 Å². The molecule has 1 heterocycles. The fourth-order valence-corrected chi connectivity index (χ4v) is 3.04. The molecule has 2 rings (SSSR count). The lowest BCUT2D eigenvalue weighted by Crippen LogP contribution is -1.96. The molecular formula is C12H9Br2NO3S. The van der Waals surface area contributed by atoms with E-state index in [2.05, 4.69) is 36.8 Å². The van der Waals surface area contributed by atoms with Crippen LogP contribution in [-0.2, 0) is 9.84 Å². The normalized spacial score (nSPS) is 11.3. The number of rotatable bonds is 3. The van der Waals surface area contributed by atoms with Crippen LogP contribution in [0.3, 0.4) is 0 Å². The van der Waals surface area contributed by atoms with Crippen LogP contribution in [-0.4, -0.2) is 19.7 Å². The van der Waals surface area contributed by atoms with Crippen LogP contribution in [0, 0.1) is 0 Å². The molecule has 19 heavy (non-hydrogen) atoms. The van der Waals surface area contributed by atoms with Crippen LogP contribution in [0.4, 0.5) is 0 Å². The molecule has 0 unspecified atom stereocenters. The summed E-state index contributed by atoms with van der Waals surface area (Å²) in [5.41, 5.74) is 0. The van der Waals surface area contributed by atoms with E-state index in [0.29, 0.717) is 16.1 Å². The predicted octanol–water partition coefficient (Wildman–Crippen LogP) is 3.80. The first-order valence-corrected chi connectivity index (χ1v) is 8.63. The molecule has 0 radical (unpaired) electrons. The van der Waals surface area contributed by atoms with Gasteiger partial charge in [0.1, 0.15) is 5.75 Å². The fraction of sp³-hybridized carbons (Fsp3) is 0.0833. The van der Waals surface area contributed by atoms with Crippen molar-refractivity contribution in [1.29, 1.82) is 0 Å². The van der Waals surface area contributed by atoms with E-state index in [0.717, 1.165) is 10.7 Å². The summed E-state index contributed by atoms with van der Waals surface area (Å²) in [4.78, 5) is 4.36. The number of hydrogen-bond donors (Lipinski definition) is 0. The minimum Gasteiger partial charge on any atom is -0.438 e. The minimum absolute atomic E-state index is 0.252. The van der Waals surface area contributed by atoms with E-state index in [9.17, 15) is 8.42 Å². The Morgan fingerprint density at radius 2 is 1.79 bits per heavy atom. The number of halogens is 2. The van der Waals surface area contributed by atoms with Crippen LogP contribution in [0.2, 0.25) is 0 Å². The van der Waals surface area contributed by atoms with Gasteiger partial charge in [-0.25, -0.2) is 13.4 Å². The highest BCUT2D eigenvalue weighted by atomic mass is 79.9. The van der Waals surface area contributed by atoms with Crippen molar-refractivity contribution >= 4 is 41.7 Å². The Kier molecular flexibility index (Phi) is 4.27. The van der Waals surface area contributed by atoms with Gasteiger partial charge in [-0.3, -0.25) is 0 Å². The number of aromatic nitrogens is 1. The highest BCUT2D eigenvalue weighted by molar-refractivity contribution is 9.11. The maximum Gasteiger partial charge on any atom is 0.233 e. The lowest BCUT2D eigenvalue weighted by molar-refractivity contribution is 0.459. The van der Waals surface area contributed by atoms with Crippen LogP contribution in [0.5, 0.6) is 11.6 Å². The van der Waals surface area contributed by atoms with Crippen molar-refractivity contribution in [2.24, 2.45) is 0 Å². The van der Waals surface area contributed by atoms with Crippen LogP contribution in [0.1, 0.15) is 0 Å². The molecule has 100 valence electrons. The number of hydrogen-bond acceptors (Lipinski definition) is 4. The van der Waals surface area contributed by atoms with Gasteiger partial charge in [-0.15, -0.1) is 0 Å². The van der Waals surface area contributed by atoms with Crippen molar-refractivity contribution in [3.8, 4) is 11.6 Å². The number of sulfone groups is 1. The molecule has 1 aromatic carbocycles. The molecular weight excluding hydrogens is 398 g/mol. The fourth-order valence-electron chi connectivity index (χ4n) is 1.34. The van der Waals surface area contributed by atoms with Gasteiger partial charge in [0.25, 0.3) is 0 Å². The Morgan fingerprint density at radius 3 is 2.32 bits per heavy atom. The quantitative estimate of drug-likeness (QED) is 0.777. The first-order valence-electron chi connectivity index (χ1n) is 5.15. The Morgan fingerprint density at radius 1 is 1.16 bits per heavy atom. The van der Waals surface area contributed by atoms with Crippen molar-refractivity contribution in [3.05, 3.63) is 45.5 Å². The summed E-state index contributed by atoms with van der Waals surface area (Å²) in [6.07, 6.45) is 2.78. The molecule has 0 amide bonds. The van der Waals surface area contributed by atoms with Gasteiger partial charge in [-0.05, 0) is 62.2 Å². The standard InChI is InChI=1S/C12H9Br2NO3S/c1-19(16,17)10-4-2-9(3-5-10)18-12-11(14)6-8(13)7-15-12/h2-7H,1H3. The van der Waals surface area contributed by atoms with Gasteiger partial charge >= 0.3 is 0 Å². The zero-order valence-corrected chi connectivity index (χ0v) is 13.8. The molecule has 0 spiro atoms.